The van der Waals surface area contributed by atoms with E-state index in [9.17, 15) is 5.26 Å². The van der Waals surface area contributed by atoms with Crippen molar-refractivity contribution in [3.63, 3.8) is 0 Å². The van der Waals surface area contributed by atoms with E-state index < -0.39 is 5.92 Å². The van der Waals surface area contributed by atoms with Crippen molar-refractivity contribution in [2.24, 2.45) is 5.73 Å². The molecule has 2 heterocycles. The largest absolute Gasteiger partial charge is 0.493 e. The Hall–Kier alpha value is -3.15. The molecule has 1 aliphatic rings. The third-order valence-electron chi connectivity index (χ3n) is 5.40. The first kappa shape index (κ1) is 23.0. The average molecular weight is 530 g/mol. The quantitative estimate of drug-likeness (QED) is 0.414. The Bertz CT molecular complexity index is 1250. The molecule has 3 aromatic rings. The van der Waals surface area contributed by atoms with Gasteiger partial charge in [0.1, 0.15) is 18.2 Å². The summed E-state index contributed by atoms with van der Waals surface area (Å²) in [5.74, 6) is 1.06. The smallest absolute Gasteiger partial charge is 0.244 e. The molecule has 3 N–H and O–H groups in total. The van der Waals surface area contributed by atoms with Crippen LogP contribution in [0.2, 0.25) is 5.02 Å². The second kappa shape index (κ2) is 9.77. The topological polar surface area (TPSA) is 106 Å². The maximum absolute atomic E-state index is 9.88. The zero-order chi connectivity index (χ0) is 23.5. The molecule has 170 valence electrons. The van der Waals surface area contributed by atoms with E-state index >= 15 is 0 Å². The first-order chi connectivity index (χ1) is 16.0. The molecule has 1 atom stereocenters. The van der Waals surface area contributed by atoms with Crippen LogP contribution >= 0.6 is 27.5 Å². The summed E-state index contributed by atoms with van der Waals surface area (Å²) in [6.45, 7) is 2.42. The molecule has 0 aliphatic carbocycles. The Balaban J connectivity index is 1.75. The molecule has 0 radical (unpaired) electrons. The number of halogens is 2. The second-order valence-corrected chi connectivity index (χ2v) is 8.84. The van der Waals surface area contributed by atoms with Gasteiger partial charge < -0.3 is 19.9 Å². The number of hydrogen-bond donors (Lipinski definition) is 2. The predicted molar refractivity (Wildman–Crippen MR) is 128 cm³/mol. The molecule has 33 heavy (non-hydrogen) atoms. The number of aromatic amines is 1. The van der Waals surface area contributed by atoms with Gasteiger partial charge >= 0.3 is 0 Å². The first-order valence-corrected chi connectivity index (χ1v) is 11.5. The highest BCUT2D eigenvalue weighted by atomic mass is 79.9. The van der Waals surface area contributed by atoms with E-state index in [4.69, 9.17) is 31.5 Å². The molecule has 2 aromatic carbocycles. The molecule has 0 saturated heterocycles. The molecule has 7 nitrogen and oxygen atoms in total. The average Bonchev–Trinajstić information content (AvgIpc) is 3.20. The number of ether oxygens (including phenoxy) is 3. The number of nitrogens with zero attached hydrogens (tertiary/aromatic N) is 2. The van der Waals surface area contributed by atoms with Crippen molar-refractivity contribution < 1.29 is 14.2 Å². The summed E-state index contributed by atoms with van der Waals surface area (Å²) in [7, 11) is 1.58. The van der Waals surface area contributed by atoms with E-state index in [1.807, 2.05) is 36.4 Å². The van der Waals surface area contributed by atoms with Gasteiger partial charge in [-0.25, -0.2) is 0 Å². The number of hydrogen-bond acceptors (Lipinski definition) is 6. The van der Waals surface area contributed by atoms with Crippen LogP contribution in [0, 0.1) is 11.3 Å². The number of aromatic nitrogens is 2. The SMILES string of the molecule is CCCc1[nH]nc2c1[C@H](c1cc(Br)c(OCc3ccc(Cl)cc3)c(OC)c1)C(C#N)=C(N)O2. The zero-order valence-electron chi connectivity index (χ0n) is 18.1. The number of nitrogens with one attached hydrogen (secondary N) is 1. The van der Waals surface area contributed by atoms with Crippen LogP contribution in [0.15, 0.2) is 52.3 Å². The third kappa shape index (κ3) is 4.52. The molecule has 0 unspecified atom stereocenters. The Morgan fingerprint density at radius 3 is 2.73 bits per heavy atom. The first-order valence-electron chi connectivity index (χ1n) is 10.4. The summed E-state index contributed by atoms with van der Waals surface area (Å²) in [5, 5.41) is 17.9. The van der Waals surface area contributed by atoms with Gasteiger partial charge in [-0.2, -0.15) is 5.26 Å². The van der Waals surface area contributed by atoms with Crippen LogP contribution in [-0.2, 0) is 13.0 Å². The minimum atomic E-state index is -0.449. The Morgan fingerprint density at radius 2 is 2.06 bits per heavy atom. The number of fused-ring (bicyclic) bond motifs is 1. The van der Waals surface area contributed by atoms with Crippen molar-refractivity contribution in [1.82, 2.24) is 10.2 Å². The summed E-state index contributed by atoms with van der Waals surface area (Å²) >= 11 is 9.58. The maximum atomic E-state index is 9.88. The fourth-order valence-corrected chi connectivity index (χ4v) is 4.57. The highest BCUT2D eigenvalue weighted by Gasteiger charge is 2.35. The van der Waals surface area contributed by atoms with Gasteiger partial charge in [-0.15, -0.1) is 5.10 Å². The maximum Gasteiger partial charge on any atom is 0.244 e. The van der Waals surface area contributed by atoms with Gasteiger partial charge in [0.05, 0.1) is 17.5 Å². The standard InChI is InChI=1S/C24H22BrClN4O3/c1-3-4-18-21-20(16(11-27)23(28)33-24(21)30-29-18)14-9-17(25)22(19(10-14)31-2)32-12-13-5-7-15(26)8-6-13/h5-10,20H,3-4,12,28H2,1-2H3,(H,29,30)/t20-/m1/s1. The van der Waals surface area contributed by atoms with Crippen LogP contribution < -0.4 is 19.9 Å². The highest BCUT2D eigenvalue weighted by molar-refractivity contribution is 9.10. The van der Waals surface area contributed by atoms with Gasteiger partial charge in [0.25, 0.3) is 0 Å². The molecule has 0 fully saturated rings. The monoisotopic (exact) mass is 528 g/mol. The minimum absolute atomic E-state index is 0.0442. The van der Waals surface area contributed by atoms with Crippen LogP contribution in [0.1, 0.15) is 41.6 Å². The number of allylic oxidation sites excluding steroid dienone is 1. The van der Waals surface area contributed by atoms with Crippen molar-refractivity contribution in [3.05, 3.63) is 79.7 Å². The van der Waals surface area contributed by atoms with E-state index in [1.165, 1.54) is 0 Å². The lowest BCUT2D eigenvalue weighted by Crippen LogP contribution is -2.21. The molecular weight excluding hydrogens is 508 g/mol. The van der Waals surface area contributed by atoms with Crippen molar-refractivity contribution in [3.8, 4) is 23.4 Å². The van der Waals surface area contributed by atoms with Crippen molar-refractivity contribution in [2.75, 3.05) is 7.11 Å². The molecule has 1 aliphatic heterocycles. The fraction of sp³-hybridized carbons (Fsp3) is 0.250. The molecule has 4 rings (SSSR count). The number of methoxy groups -OCH3 is 1. The summed E-state index contributed by atoms with van der Waals surface area (Å²) in [5.41, 5.74) is 9.90. The van der Waals surface area contributed by atoms with Crippen molar-refractivity contribution in [1.29, 1.82) is 5.26 Å². The summed E-state index contributed by atoms with van der Waals surface area (Å²) in [6, 6.07) is 13.4. The number of benzene rings is 2. The van der Waals surface area contributed by atoms with Crippen LogP contribution in [0.4, 0.5) is 0 Å². The lowest BCUT2D eigenvalue weighted by atomic mass is 9.83. The molecule has 9 heteroatoms. The fourth-order valence-electron chi connectivity index (χ4n) is 3.87. The number of aryl methyl sites for hydroxylation is 1. The lowest BCUT2D eigenvalue weighted by molar-refractivity contribution is 0.282. The highest BCUT2D eigenvalue weighted by Crippen LogP contribution is 2.47. The second-order valence-electron chi connectivity index (χ2n) is 7.55. The summed E-state index contributed by atoms with van der Waals surface area (Å²) in [4.78, 5) is 0. The van der Waals surface area contributed by atoms with Crippen LogP contribution in [-0.4, -0.2) is 17.3 Å². The lowest BCUT2D eigenvalue weighted by Gasteiger charge is -2.25. The normalized spacial score (nSPS) is 14.9. The van der Waals surface area contributed by atoms with Gasteiger partial charge in [-0.1, -0.05) is 37.1 Å². The molecule has 0 bridgehead atoms. The van der Waals surface area contributed by atoms with Crippen LogP contribution in [0.3, 0.4) is 0 Å². The van der Waals surface area contributed by atoms with E-state index in [1.54, 1.807) is 7.11 Å². The molecule has 0 spiro atoms. The van der Waals surface area contributed by atoms with Gasteiger partial charge in [-0.05, 0) is 57.7 Å². The minimum Gasteiger partial charge on any atom is -0.493 e. The predicted octanol–water partition coefficient (Wildman–Crippen LogP) is 5.58. The number of rotatable bonds is 7. The number of nitriles is 1. The van der Waals surface area contributed by atoms with Gasteiger partial charge in [0.15, 0.2) is 11.5 Å². The van der Waals surface area contributed by atoms with E-state index in [0.29, 0.717) is 39.1 Å². The van der Waals surface area contributed by atoms with E-state index in [2.05, 4.69) is 39.1 Å². The molecule has 0 saturated carbocycles. The Labute approximate surface area is 205 Å². The van der Waals surface area contributed by atoms with Gasteiger partial charge in [-0.3, -0.25) is 5.10 Å². The third-order valence-corrected chi connectivity index (χ3v) is 6.24. The Kier molecular flexibility index (Phi) is 6.82. The number of nitrogens with two attached hydrogens (primary N) is 1. The van der Waals surface area contributed by atoms with E-state index in [-0.39, 0.29) is 5.88 Å². The molecular formula is C24H22BrClN4O3. The van der Waals surface area contributed by atoms with Crippen LogP contribution in [0.25, 0.3) is 0 Å². The molecule has 0 amide bonds. The van der Waals surface area contributed by atoms with Gasteiger partial charge in [0.2, 0.25) is 11.8 Å². The Morgan fingerprint density at radius 1 is 1.30 bits per heavy atom. The number of H-pyrrole nitrogens is 1. The van der Waals surface area contributed by atoms with Crippen LogP contribution in [0.5, 0.6) is 17.4 Å². The van der Waals surface area contributed by atoms with Crippen molar-refractivity contribution in [2.45, 2.75) is 32.3 Å². The van der Waals surface area contributed by atoms with E-state index in [0.717, 1.165) is 35.2 Å². The molecule has 1 aromatic heterocycles. The van der Waals surface area contributed by atoms with Crippen molar-refractivity contribution >= 4 is 27.5 Å². The summed E-state index contributed by atoms with van der Waals surface area (Å²) < 4.78 is 18.0. The zero-order valence-corrected chi connectivity index (χ0v) is 20.5. The summed E-state index contributed by atoms with van der Waals surface area (Å²) in [6.07, 6.45) is 1.67. The van der Waals surface area contributed by atoms with Gasteiger partial charge in [0, 0.05) is 16.3 Å².